The standard InChI is InChI=1S/C29H35ClF3N9O4S/c1-6-23(43)35-21-16-22(27(46-15-11-29(31,32)33)39-26(21)41(4)14-13-40(2)3)37-28-34-17-19(30)25(38-28)36-20-9-7-8-18-10-12-42(24(18)20)47(5,44)45/h6-9,16-17H,1,10-15H2,2-5H3,(H,35,43)(H2,34,36,37,38). The van der Waals surface area contributed by atoms with Gasteiger partial charge in [0.25, 0.3) is 0 Å². The second kappa shape index (κ2) is 14.6. The van der Waals surface area contributed by atoms with Crippen LogP contribution in [-0.4, -0.2) is 94.0 Å². The smallest absolute Gasteiger partial charge is 0.392 e. The number of nitrogens with one attached hydrogen (secondary N) is 3. The van der Waals surface area contributed by atoms with E-state index in [1.54, 1.807) is 24.1 Å². The molecular formula is C29H35ClF3N9O4S. The predicted octanol–water partition coefficient (Wildman–Crippen LogP) is 4.79. The topological polar surface area (TPSA) is 145 Å². The number of benzene rings is 1. The molecule has 0 saturated carbocycles. The number of hydrogen-bond donors (Lipinski definition) is 3. The Morgan fingerprint density at radius 2 is 1.89 bits per heavy atom. The molecule has 0 atom stereocenters. The van der Waals surface area contributed by atoms with Crippen LogP contribution < -0.4 is 29.9 Å². The van der Waals surface area contributed by atoms with Gasteiger partial charge >= 0.3 is 6.18 Å². The van der Waals surface area contributed by atoms with Gasteiger partial charge in [-0.2, -0.15) is 23.1 Å². The minimum Gasteiger partial charge on any atom is -0.476 e. The van der Waals surface area contributed by atoms with E-state index >= 15 is 0 Å². The van der Waals surface area contributed by atoms with E-state index in [1.807, 2.05) is 25.1 Å². The van der Waals surface area contributed by atoms with Crippen LogP contribution in [0, 0.1) is 0 Å². The number of hydrogen-bond acceptors (Lipinski definition) is 11. The summed E-state index contributed by atoms with van der Waals surface area (Å²) in [5, 5.41) is 8.77. The van der Waals surface area contributed by atoms with Crippen LogP contribution in [0.3, 0.4) is 0 Å². The first-order valence-corrected chi connectivity index (χ1v) is 16.5. The highest BCUT2D eigenvalue weighted by Crippen LogP contribution is 2.40. The van der Waals surface area contributed by atoms with Crippen molar-refractivity contribution in [1.82, 2.24) is 19.9 Å². The molecule has 0 fully saturated rings. The number of carbonyl (C=O) groups is 1. The van der Waals surface area contributed by atoms with Crippen molar-refractivity contribution in [3.8, 4) is 5.88 Å². The largest absolute Gasteiger partial charge is 0.476 e. The third-order valence-corrected chi connectivity index (χ3v) is 8.32. The maximum absolute atomic E-state index is 13.0. The van der Waals surface area contributed by atoms with Crippen LogP contribution in [-0.2, 0) is 21.2 Å². The second-order valence-electron chi connectivity index (χ2n) is 10.9. The first-order chi connectivity index (χ1) is 22.1. The monoisotopic (exact) mass is 697 g/mol. The summed E-state index contributed by atoms with van der Waals surface area (Å²) < 4.78 is 70.7. The SMILES string of the molecule is C=CC(=O)Nc1cc(Nc2ncc(Cl)c(Nc3cccc4c3N(S(C)(=O)=O)CC4)n2)c(OCCC(F)(F)F)nc1N(C)CCN(C)C. The fourth-order valence-electron chi connectivity index (χ4n) is 4.59. The van der Waals surface area contributed by atoms with E-state index in [0.717, 1.165) is 17.9 Å². The van der Waals surface area contributed by atoms with Crippen LogP contribution in [0.4, 0.5) is 53.5 Å². The summed E-state index contributed by atoms with van der Waals surface area (Å²) in [6, 6.07) is 6.73. The van der Waals surface area contributed by atoms with Crippen LogP contribution in [0.5, 0.6) is 5.88 Å². The van der Waals surface area contributed by atoms with E-state index in [-0.39, 0.29) is 46.4 Å². The van der Waals surface area contributed by atoms with Gasteiger partial charge in [-0.1, -0.05) is 30.3 Å². The molecular weight excluding hydrogens is 663 g/mol. The molecule has 1 aliphatic rings. The molecule has 0 aliphatic carbocycles. The lowest BCUT2D eigenvalue weighted by molar-refractivity contribution is -0.139. The summed E-state index contributed by atoms with van der Waals surface area (Å²) in [6.45, 7) is 4.10. The van der Waals surface area contributed by atoms with Crippen molar-refractivity contribution in [1.29, 1.82) is 0 Å². The van der Waals surface area contributed by atoms with Crippen LogP contribution in [0.1, 0.15) is 12.0 Å². The van der Waals surface area contributed by atoms with E-state index in [4.69, 9.17) is 16.3 Å². The quantitative estimate of drug-likeness (QED) is 0.200. The van der Waals surface area contributed by atoms with Crippen molar-refractivity contribution in [2.45, 2.75) is 19.0 Å². The molecule has 2 aromatic heterocycles. The Labute approximate surface area is 275 Å². The van der Waals surface area contributed by atoms with Gasteiger partial charge in [0.1, 0.15) is 10.7 Å². The molecule has 1 aromatic carbocycles. The third-order valence-electron chi connectivity index (χ3n) is 6.88. The molecule has 3 N–H and O–H groups in total. The summed E-state index contributed by atoms with van der Waals surface area (Å²) in [4.78, 5) is 29.1. The van der Waals surface area contributed by atoms with Crippen molar-refractivity contribution in [3.05, 3.63) is 53.7 Å². The van der Waals surface area contributed by atoms with E-state index in [1.165, 1.54) is 16.6 Å². The highest BCUT2D eigenvalue weighted by atomic mass is 35.5. The molecule has 13 nitrogen and oxygen atoms in total. The number of para-hydroxylation sites is 1. The number of sulfonamides is 1. The Morgan fingerprint density at radius 1 is 1.15 bits per heavy atom. The number of halogens is 4. The number of alkyl halides is 3. The predicted molar refractivity (Wildman–Crippen MR) is 177 cm³/mol. The van der Waals surface area contributed by atoms with Crippen LogP contribution in [0.2, 0.25) is 5.02 Å². The van der Waals surface area contributed by atoms with Gasteiger partial charge in [0.15, 0.2) is 11.6 Å². The highest BCUT2D eigenvalue weighted by molar-refractivity contribution is 7.92. The number of rotatable bonds is 14. The number of ether oxygens (including phenoxy) is 1. The maximum Gasteiger partial charge on any atom is 0.392 e. The van der Waals surface area contributed by atoms with E-state index in [9.17, 15) is 26.4 Å². The number of aromatic nitrogens is 3. The first kappa shape index (κ1) is 35.5. The Hall–Kier alpha value is -4.35. The third kappa shape index (κ3) is 9.36. The van der Waals surface area contributed by atoms with Crippen LogP contribution >= 0.6 is 11.6 Å². The summed E-state index contributed by atoms with van der Waals surface area (Å²) in [7, 11) is 1.91. The zero-order valence-electron chi connectivity index (χ0n) is 26.2. The number of fused-ring (bicyclic) bond motifs is 1. The molecule has 0 radical (unpaired) electrons. The lowest BCUT2D eigenvalue weighted by atomic mass is 10.1. The maximum atomic E-state index is 13.0. The number of anilines is 7. The molecule has 4 rings (SSSR count). The number of carbonyl (C=O) groups excluding carboxylic acids is 1. The lowest BCUT2D eigenvalue weighted by Gasteiger charge is -2.25. The highest BCUT2D eigenvalue weighted by Gasteiger charge is 2.30. The average Bonchev–Trinajstić information content (AvgIpc) is 3.44. The van der Waals surface area contributed by atoms with Gasteiger partial charge in [0.05, 0.1) is 42.5 Å². The summed E-state index contributed by atoms with van der Waals surface area (Å²) >= 11 is 6.42. The number of pyridine rings is 1. The number of amides is 1. The molecule has 0 bridgehead atoms. The van der Waals surface area contributed by atoms with Crippen molar-refractivity contribution < 1.29 is 31.1 Å². The van der Waals surface area contributed by atoms with E-state index in [0.29, 0.717) is 30.9 Å². The molecule has 254 valence electrons. The van der Waals surface area contributed by atoms with E-state index in [2.05, 4.69) is 37.5 Å². The second-order valence-corrected chi connectivity index (χ2v) is 13.2. The van der Waals surface area contributed by atoms with E-state index < -0.39 is 35.1 Å². The van der Waals surface area contributed by atoms with Gasteiger partial charge in [-0.05, 0) is 44.3 Å². The molecule has 1 aliphatic heterocycles. The normalized spacial score (nSPS) is 12.9. The molecule has 1 amide bonds. The Kier molecular flexibility index (Phi) is 11.0. The van der Waals surface area contributed by atoms with Crippen molar-refractivity contribution >= 4 is 67.9 Å². The Balaban J connectivity index is 1.73. The van der Waals surface area contributed by atoms with Gasteiger partial charge in [-0.3, -0.25) is 9.10 Å². The van der Waals surface area contributed by atoms with Gasteiger partial charge in [-0.25, -0.2) is 13.4 Å². The average molecular weight is 698 g/mol. The summed E-state index contributed by atoms with van der Waals surface area (Å²) in [5.41, 5.74) is 2.00. The van der Waals surface area contributed by atoms with Gasteiger partial charge < -0.3 is 30.5 Å². The lowest BCUT2D eigenvalue weighted by Crippen LogP contribution is -2.30. The minimum atomic E-state index is -4.47. The summed E-state index contributed by atoms with van der Waals surface area (Å²) in [5.74, 6) is -0.441. The molecule has 3 heterocycles. The van der Waals surface area contributed by atoms with Crippen molar-refractivity contribution in [2.75, 3.05) is 78.8 Å². The Bertz CT molecular complexity index is 1740. The fraction of sp³-hybridized carbons (Fsp3) is 0.379. The van der Waals surface area contributed by atoms with Gasteiger partial charge in [0, 0.05) is 26.7 Å². The molecule has 0 saturated heterocycles. The minimum absolute atomic E-state index is 0.0495. The van der Waals surface area contributed by atoms with Crippen molar-refractivity contribution in [3.63, 3.8) is 0 Å². The molecule has 18 heteroatoms. The number of likely N-dealkylation sites (N-methyl/N-ethyl adjacent to an activating group) is 2. The fourth-order valence-corrected chi connectivity index (χ4v) is 5.70. The van der Waals surface area contributed by atoms with Crippen LogP contribution in [0.15, 0.2) is 43.1 Å². The van der Waals surface area contributed by atoms with Gasteiger partial charge in [0.2, 0.25) is 27.8 Å². The zero-order valence-corrected chi connectivity index (χ0v) is 27.7. The van der Waals surface area contributed by atoms with Crippen LogP contribution in [0.25, 0.3) is 0 Å². The Morgan fingerprint density at radius 3 is 2.55 bits per heavy atom. The molecule has 0 unspecified atom stereocenters. The van der Waals surface area contributed by atoms with Gasteiger partial charge in [-0.15, -0.1) is 0 Å². The van der Waals surface area contributed by atoms with Crippen molar-refractivity contribution in [2.24, 2.45) is 0 Å². The zero-order chi connectivity index (χ0) is 34.5. The number of nitrogens with zero attached hydrogens (tertiary/aromatic N) is 6. The molecule has 0 spiro atoms. The summed E-state index contributed by atoms with van der Waals surface area (Å²) in [6.07, 6.45) is -1.70. The molecule has 47 heavy (non-hydrogen) atoms. The molecule has 3 aromatic rings. The first-order valence-electron chi connectivity index (χ1n) is 14.3.